The van der Waals surface area contributed by atoms with Crippen LogP contribution in [0.25, 0.3) is 0 Å². The van der Waals surface area contributed by atoms with Crippen LogP contribution >= 0.6 is 27.5 Å². The second kappa shape index (κ2) is 5.63. The van der Waals surface area contributed by atoms with E-state index >= 15 is 0 Å². The van der Waals surface area contributed by atoms with Crippen LogP contribution in [0.15, 0.2) is 16.6 Å². The lowest BCUT2D eigenvalue weighted by molar-refractivity contribution is -0.0978. The van der Waals surface area contributed by atoms with Crippen LogP contribution < -0.4 is 5.73 Å². The van der Waals surface area contributed by atoms with E-state index in [-0.39, 0.29) is 11.1 Å². The summed E-state index contributed by atoms with van der Waals surface area (Å²) in [4.78, 5) is 0. The molecule has 0 bridgehead atoms. The Morgan fingerprint density at radius 2 is 2.24 bits per heavy atom. The second-order valence-electron chi connectivity index (χ2n) is 3.77. The van der Waals surface area contributed by atoms with Crippen LogP contribution in [0.1, 0.15) is 11.6 Å². The minimum Gasteiger partial charge on any atom is -0.376 e. The van der Waals surface area contributed by atoms with Gasteiger partial charge in [-0.05, 0) is 22.0 Å². The van der Waals surface area contributed by atoms with E-state index in [1.54, 1.807) is 12.1 Å². The van der Waals surface area contributed by atoms with Gasteiger partial charge in [-0.3, -0.25) is 0 Å². The third-order valence-corrected chi connectivity index (χ3v) is 3.93. The number of rotatable bonds is 2. The largest absolute Gasteiger partial charge is 0.376 e. The molecular formula is C11H12BrClFNO2. The number of halogens is 3. The highest BCUT2D eigenvalue weighted by Gasteiger charge is 2.26. The molecule has 1 aliphatic rings. The average Bonchev–Trinajstić information content (AvgIpc) is 2.36. The molecule has 0 aromatic heterocycles. The topological polar surface area (TPSA) is 44.5 Å². The molecule has 94 valence electrons. The van der Waals surface area contributed by atoms with Crippen molar-refractivity contribution < 1.29 is 13.9 Å². The molecule has 1 aliphatic heterocycles. The number of benzene rings is 1. The Hall–Kier alpha value is -0.200. The van der Waals surface area contributed by atoms with Crippen molar-refractivity contribution in [2.75, 3.05) is 19.8 Å². The Kier molecular flexibility index (Phi) is 4.38. The zero-order valence-electron chi connectivity index (χ0n) is 8.96. The fraction of sp³-hybridized carbons (Fsp3) is 0.455. The normalized spacial score (nSPS) is 22.5. The van der Waals surface area contributed by atoms with Crippen LogP contribution in [0.3, 0.4) is 0 Å². The maximum atomic E-state index is 13.9. The van der Waals surface area contributed by atoms with Crippen molar-refractivity contribution in [2.45, 2.75) is 12.1 Å². The molecule has 1 heterocycles. The first-order valence-corrected chi connectivity index (χ1v) is 6.36. The molecule has 2 unspecified atom stereocenters. The van der Waals surface area contributed by atoms with Gasteiger partial charge >= 0.3 is 0 Å². The quantitative estimate of drug-likeness (QED) is 0.851. The molecular weight excluding hydrogens is 312 g/mol. The second-order valence-corrected chi connectivity index (χ2v) is 5.01. The molecule has 0 radical (unpaired) electrons. The standard InChI is InChI=1S/C11H12BrClFNO2/c12-7-2-1-6(10(14)9(7)13)11(15)8-5-16-3-4-17-8/h1-2,8,11H,3-5,15H2. The Morgan fingerprint density at radius 3 is 2.88 bits per heavy atom. The molecule has 2 atom stereocenters. The summed E-state index contributed by atoms with van der Waals surface area (Å²) in [5.41, 5.74) is 6.31. The fourth-order valence-corrected chi connectivity index (χ4v) is 2.19. The lowest BCUT2D eigenvalue weighted by atomic mass is 10.0. The molecule has 1 fully saturated rings. The van der Waals surface area contributed by atoms with Gasteiger partial charge in [0.15, 0.2) is 0 Å². The van der Waals surface area contributed by atoms with Crippen molar-refractivity contribution in [3.05, 3.63) is 33.0 Å². The smallest absolute Gasteiger partial charge is 0.147 e. The number of hydrogen-bond acceptors (Lipinski definition) is 3. The zero-order chi connectivity index (χ0) is 12.4. The van der Waals surface area contributed by atoms with Gasteiger partial charge in [0.2, 0.25) is 0 Å². The summed E-state index contributed by atoms with van der Waals surface area (Å²) >= 11 is 8.97. The van der Waals surface area contributed by atoms with Crippen molar-refractivity contribution >= 4 is 27.5 Å². The van der Waals surface area contributed by atoms with Gasteiger partial charge in [-0.2, -0.15) is 0 Å². The number of nitrogens with two attached hydrogens (primary N) is 1. The predicted octanol–water partition coefficient (Wildman–Crippen LogP) is 2.66. The summed E-state index contributed by atoms with van der Waals surface area (Å²) in [6.07, 6.45) is -0.338. The van der Waals surface area contributed by atoms with Crippen LogP contribution in [0.5, 0.6) is 0 Å². The third-order valence-electron chi connectivity index (χ3n) is 2.67. The first-order chi connectivity index (χ1) is 8.11. The van der Waals surface area contributed by atoms with Gasteiger partial charge in [0.1, 0.15) is 11.9 Å². The van der Waals surface area contributed by atoms with Gasteiger partial charge < -0.3 is 15.2 Å². The summed E-state index contributed by atoms with van der Waals surface area (Å²) in [6.45, 7) is 1.39. The fourth-order valence-electron chi connectivity index (χ4n) is 1.71. The van der Waals surface area contributed by atoms with Crippen molar-refractivity contribution in [3.63, 3.8) is 0 Å². The molecule has 1 aromatic rings. The van der Waals surface area contributed by atoms with Crippen LogP contribution in [-0.2, 0) is 9.47 Å². The molecule has 3 nitrogen and oxygen atoms in total. The Bertz CT molecular complexity index is 413. The van der Waals surface area contributed by atoms with Gasteiger partial charge in [0, 0.05) is 10.0 Å². The molecule has 0 spiro atoms. The van der Waals surface area contributed by atoms with Crippen LogP contribution in [0.4, 0.5) is 4.39 Å². The van der Waals surface area contributed by atoms with Crippen molar-refractivity contribution in [2.24, 2.45) is 5.73 Å². The van der Waals surface area contributed by atoms with E-state index in [9.17, 15) is 4.39 Å². The summed E-state index contributed by atoms with van der Waals surface area (Å²) < 4.78 is 25.1. The third kappa shape index (κ3) is 2.80. The monoisotopic (exact) mass is 323 g/mol. The first-order valence-electron chi connectivity index (χ1n) is 5.19. The predicted molar refractivity (Wildman–Crippen MR) is 66.6 cm³/mol. The van der Waals surface area contributed by atoms with Gasteiger partial charge in [-0.1, -0.05) is 17.7 Å². The molecule has 6 heteroatoms. The number of hydrogen-bond donors (Lipinski definition) is 1. The summed E-state index contributed by atoms with van der Waals surface area (Å²) in [7, 11) is 0. The molecule has 1 saturated heterocycles. The highest BCUT2D eigenvalue weighted by atomic mass is 79.9. The summed E-state index contributed by atoms with van der Waals surface area (Å²) in [5.74, 6) is -0.511. The SMILES string of the molecule is NC(c1ccc(Br)c(Cl)c1F)C1COCCO1. The highest BCUT2D eigenvalue weighted by Crippen LogP contribution is 2.31. The molecule has 1 aromatic carbocycles. The van der Waals surface area contributed by atoms with E-state index in [1.807, 2.05) is 0 Å². The van der Waals surface area contributed by atoms with Crippen LogP contribution in [0, 0.1) is 5.82 Å². The molecule has 2 rings (SSSR count). The van der Waals surface area contributed by atoms with Gasteiger partial charge in [0.05, 0.1) is 30.9 Å². The zero-order valence-corrected chi connectivity index (χ0v) is 11.3. The minimum atomic E-state index is -0.583. The lowest BCUT2D eigenvalue weighted by Crippen LogP contribution is -2.38. The van der Waals surface area contributed by atoms with E-state index in [2.05, 4.69) is 15.9 Å². The summed E-state index contributed by atoms with van der Waals surface area (Å²) in [5, 5.41) is 0.0367. The first kappa shape index (κ1) is 13.2. The van der Waals surface area contributed by atoms with Crippen molar-refractivity contribution in [1.29, 1.82) is 0 Å². The lowest BCUT2D eigenvalue weighted by Gasteiger charge is -2.28. The van der Waals surface area contributed by atoms with Gasteiger partial charge in [0.25, 0.3) is 0 Å². The van der Waals surface area contributed by atoms with Gasteiger partial charge in [-0.15, -0.1) is 0 Å². The van der Waals surface area contributed by atoms with E-state index in [4.69, 9.17) is 26.8 Å². The molecule has 0 aliphatic carbocycles. The Labute approximate surface area is 112 Å². The molecule has 17 heavy (non-hydrogen) atoms. The highest BCUT2D eigenvalue weighted by molar-refractivity contribution is 9.10. The molecule has 0 amide bonds. The molecule has 0 saturated carbocycles. The molecule has 2 N–H and O–H groups in total. The number of ether oxygens (including phenoxy) is 2. The maximum absolute atomic E-state index is 13.9. The van der Waals surface area contributed by atoms with Crippen LogP contribution in [0.2, 0.25) is 5.02 Å². The van der Waals surface area contributed by atoms with E-state index in [0.717, 1.165) is 0 Å². The maximum Gasteiger partial charge on any atom is 0.147 e. The van der Waals surface area contributed by atoms with Crippen molar-refractivity contribution in [3.8, 4) is 0 Å². The van der Waals surface area contributed by atoms with E-state index < -0.39 is 11.9 Å². The average molecular weight is 325 g/mol. The Morgan fingerprint density at radius 1 is 1.47 bits per heavy atom. The minimum absolute atomic E-state index is 0.0367. The van der Waals surface area contributed by atoms with Gasteiger partial charge in [-0.25, -0.2) is 4.39 Å². The van der Waals surface area contributed by atoms with E-state index in [0.29, 0.717) is 29.9 Å². The summed E-state index contributed by atoms with van der Waals surface area (Å²) in [6, 6.07) is 2.69. The van der Waals surface area contributed by atoms with Crippen LogP contribution in [-0.4, -0.2) is 25.9 Å². The van der Waals surface area contributed by atoms with E-state index in [1.165, 1.54) is 0 Å². The van der Waals surface area contributed by atoms with Crippen molar-refractivity contribution in [1.82, 2.24) is 0 Å². The Balaban J connectivity index is 2.24.